The molecule has 7 heteroatoms. The predicted octanol–water partition coefficient (Wildman–Crippen LogP) is 3.32. The first-order valence-electron chi connectivity index (χ1n) is 6.89. The van der Waals surface area contributed by atoms with E-state index in [0.717, 1.165) is 5.56 Å². The Balaban J connectivity index is 0.000000647. The summed E-state index contributed by atoms with van der Waals surface area (Å²) in [7, 11) is 0. The molecule has 2 aromatic carbocycles. The summed E-state index contributed by atoms with van der Waals surface area (Å²) >= 11 is 3.10. The second-order valence-electron chi connectivity index (χ2n) is 4.91. The third-order valence-corrected chi connectivity index (χ3v) is 4.13. The Labute approximate surface area is 144 Å². The van der Waals surface area contributed by atoms with Crippen LogP contribution in [0.4, 0.5) is 4.39 Å². The van der Waals surface area contributed by atoms with Crippen molar-refractivity contribution in [1.29, 1.82) is 0 Å². The summed E-state index contributed by atoms with van der Waals surface area (Å²) in [4.78, 5) is 33.1. The van der Waals surface area contributed by atoms with Gasteiger partial charge in [-0.05, 0) is 40.5 Å². The molecule has 122 valence electrons. The fourth-order valence-electron chi connectivity index (χ4n) is 2.30. The van der Waals surface area contributed by atoms with Gasteiger partial charge in [-0.25, -0.2) is 9.37 Å². The van der Waals surface area contributed by atoms with Crippen molar-refractivity contribution in [2.24, 2.45) is 0 Å². The lowest BCUT2D eigenvalue weighted by Crippen LogP contribution is -2.24. The van der Waals surface area contributed by atoms with Gasteiger partial charge in [0.15, 0.2) is 0 Å². The highest BCUT2D eigenvalue weighted by atomic mass is 79.9. The van der Waals surface area contributed by atoms with Gasteiger partial charge in [0.1, 0.15) is 5.82 Å². The molecule has 3 rings (SSSR count). The van der Waals surface area contributed by atoms with Gasteiger partial charge in [-0.15, -0.1) is 0 Å². The number of hydrogen-bond acceptors (Lipinski definition) is 4. The predicted molar refractivity (Wildman–Crippen MR) is 88.9 cm³/mol. The highest BCUT2D eigenvalue weighted by Gasteiger charge is 2.13. The Morgan fingerprint density at radius 2 is 1.83 bits per heavy atom. The van der Waals surface area contributed by atoms with E-state index in [0.29, 0.717) is 9.99 Å². The number of benzene rings is 2. The molecule has 0 bridgehead atoms. The van der Waals surface area contributed by atoms with Crippen LogP contribution in [0.25, 0.3) is 10.9 Å². The molecule has 0 saturated heterocycles. The molecule has 0 amide bonds. The van der Waals surface area contributed by atoms with E-state index in [2.05, 4.69) is 20.9 Å². The monoisotopic (exact) mass is 390 g/mol. The van der Waals surface area contributed by atoms with Crippen molar-refractivity contribution in [1.82, 2.24) is 9.55 Å². The molecule has 3 aromatic rings. The number of aromatic nitrogens is 2. The van der Waals surface area contributed by atoms with Gasteiger partial charge < -0.3 is 0 Å². The van der Waals surface area contributed by atoms with Crippen molar-refractivity contribution in [2.75, 3.05) is 0 Å². The molecular formula is C17H12BrFN2O3. The van der Waals surface area contributed by atoms with Crippen LogP contribution in [-0.4, -0.2) is 15.7 Å². The summed E-state index contributed by atoms with van der Waals surface area (Å²) < 4.78 is 15.5. The molecular weight excluding hydrogens is 379 g/mol. The van der Waals surface area contributed by atoms with E-state index in [1.165, 1.54) is 23.0 Å². The van der Waals surface area contributed by atoms with Crippen molar-refractivity contribution < 1.29 is 14.0 Å². The third-order valence-electron chi connectivity index (χ3n) is 3.52. The zero-order valence-electron chi connectivity index (χ0n) is 12.6. The SMILES string of the molecule is CC(c1ccccc1)n1cnc2cc(Br)c(F)cc2c1=O.O=C=O. The molecule has 0 radical (unpaired) electrons. The van der Waals surface area contributed by atoms with Crippen LogP contribution in [-0.2, 0) is 9.59 Å². The lowest BCUT2D eigenvalue weighted by atomic mass is 10.1. The molecule has 1 atom stereocenters. The van der Waals surface area contributed by atoms with Gasteiger partial charge >= 0.3 is 6.15 Å². The number of hydrogen-bond donors (Lipinski definition) is 0. The van der Waals surface area contributed by atoms with E-state index in [9.17, 15) is 9.18 Å². The third kappa shape index (κ3) is 3.64. The first kappa shape index (κ1) is 17.7. The van der Waals surface area contributed by atoms with Crippen LogP contribution in [0.1, 0.15) is 18.5 Å². The van der Waals surface area contributed by atoms with Crippen molar-refractivity contribution in [3.8, 4) is 0 Å². The van der Waals surface area contributed by atoms with Crippen LogP contribution in [0.5, 0.6) is 0 Å². The van der Waals surface area contributed by atoms with E-state index in [1.54, 1.807) is 0 Å². The smallest absolute Gasteiger partial charge is 0.291 e. The summed E-state index contributed by atoms with van der Waals surface area (Å²) in [6.45, 7) is 1.92. The van der Waals surface area contributed by atoms with Gasteiger partial charge in [0.2, 0.25) is 0 Å². The average Bonchev–Trinajstić information content (AvgIpc) is 2.58. The minimum atomic E-state index is -0.466. The minimum absolute atomic E-state index is 0.165. The Morgan fingerprint density at radius 3 is 2.46 bits per heavy atom. The molecule has 1 aromatic heterocycles. The number of nitrogens with zero attached hydrogens (tertiary/aromatic N) is 2. The zero-order chi connectivity index (χ0) is 17.7. The first-order chi connectivity index (χ1) is 11.5. The van der Waals surface area contributed by atoms with Gasteiger partial charge in [-0.3, -0.25) is 9.36 Å². The molecule has 0 spiro atoms. The summed E-state index contributed by atoms with van der Waals surface area (Å²) in [6, 6.07) is 12.2. The van der Waals surface area contributed by atoms with E-state index < -0.39 is 5.82 Å². The van der Waals surface area contributed by atoms with Crippen LogP contribution < -0.4 is 5.56 Å². The van der Waals surface area contributed by atoms with E-state index in [1.807, 2.05) is 37.3 Å². The van der Waals surface area contributed by atoms with Crippen LogP contribution in [0.3, 0.4) is 0 Å². The van der Waals surface area contributed by atoms with Crippen molar-refractivity contribution in [2.45, 2.75) is 13.0 Å². The topological polar surface area (TPSA) is 69.0 Å². The minimum Gasteiger partial charge on any atom is -0.291 e. The zero-order valence-corrected chi connectivity index (χ0v) is 14.2. The molecule has 1 heterocycles. The maximum absolute atomic E-state index is 13.7. The Hall–Kier alpha value is -2.63. The standard InChI is InChI=1S/C16H12BrFN2O.CO2/c1-10(11-5-3-2-4-6-11)20-9-19-15-8-13(17)14(18)7-12(15)16(20)21;2-1-3/h2-10H,1H3;. The fraction of sp³-hybridized carbons (Fsp3) is 0.118. The fourth-order valence-corrected chi connectivity index (χ4v) is 2.63. The van der Waals surface area contributed by atoms with E-state index in [-0.39, 0.29) is 23.1 Å². The molecule has 0 aliphatic carbocycles. The van der Waals surface area contributed by atoms with E-state index >= 15 is 0 Å². The van der Waals surface area contributed by atoms with Crippen LogP contribution in [0.15, 0.2) is 58.1 Å². The molecule has 0 aliphatic heterocycles. The Morgan fingerprint density at radius 1 is 1.21 bits per heavy atom. The Bertz CT molecular complexity index is 951. The second kappa shape index (κ2) is 7.77. The molecule has 24 heavy (non-hydrogen) atoms. The number of fused-ring (bicyclic) bond motifs is 1. The summed E-state index contributed by atoms with van der Waals surface area (Å²) in [5.74, 6) is -0.466. The van der Waals surface area contributed by atoms with Crippen molar-refractivity contribution >= 4 is 33.0 Å². The van der Waals surface area contributed by atoms with Crippen molar-refractivity contribution in [3.05, 3.63) is 75.0 Å². The largest absolute Gasteiger partial charge is 0.373 e. The number of carbonyl (C=O) groups excluding carboxylic acids is 2. The highest BCUT2D eigenvalue weighted by Crippen LogP contribution is 2.21. The molecule has 0 N–H and O–H groups in total. The molecule has 0 aliphatic rings. The number of halogens is 2. The van der Waals surface area contributed by atoms with Crippen LogP contribution in [0.2, 0.25) is 0 Å². The lowest BCUT2D eigenvalue weighted by Gasteiger charge is -2.15. The summed E-state index contributed by atoms with van der Waals surface area (Å²) in [5, 5.41) is 0.279. The molecule has 5 nitrogen and oxygen atoms in total. The molecule has 0 fully saturated rings. The van der Waals surface area contributed by atoms with E-state index in [4.69, 9.17) is 9.59 Å². The van der Waals surface area contributed by atoms with Gasteiger partial charge in [0.25, 0.3) is 5.56 Å². The van der Waals surface area contributed by atoms with Gasteiger partial charge in [0.05, 0.1) is 27.7 Å². The maximum Gasteiger partial charge on any atom is 0.373 e. The van der Waals surface area contributed by atoms with Gasteiger partial charge in [0, 0.05) is 0 Å². The van der Waals surface area contributed by atoms with Crippen molar-refractivity contribution in [3.63, 3.8) is 0 Å². The van der Waals surface area contributed by atoms with Crippen LogP contribution in [0, 0.1) is 5.82 Å². The quantitative estimate of drug-likeness (QED) is 0.672. The number of rotatable bonds is 2. The molecule has 1 unspecified atom stereocenters. The van der Waals surface area contributed by atoms with Crippen LogP contribution >= 0.6 is 15.9 Å². The van der Waals surface area contributed by atoms with Gasteiger partial charge in [-0.1, -0.05) is 30.3 Å². The lowest BCUT2D eigenvalue weighted by molar-refractivity contribution is -0.191. The average molecular weight is 391 g/mol. The normalized spacial score (nSPS) is 11.3. The maximum atomic E-state index is 13.7. The summed E-state index contributed by atoms with van der Waals surface area (Å²) in [6.07, 6.45) is 1.76. The summed E-state index contributed by atoms with van der Waals surface area (Å²) in [5.41, 5.74) is 1.23. The second-order valence-corrected chi connectivity index (χ2v) is 5.76. The first-order valence-corrected chi connectivity index (χ1v) is 7.69. The Kier molecular flexibility index (Phi) is 5.73. The molecule has 0 saturated carbocycles. The highest BCUT2D eigenvalue weighted by molar-refractivity contribution is 9.10. The van der Waals surface area contributed by atoms with Gasteiger partial charge in [-0.2, -0.15) is 9.59 Å².